The number of hydroxylamine groups is 2. The minimum atomic E-state index is -0.705. The van der Waals surface area contributed by atoms with Gasteiger partial charge in [-0.3, -0.25) is 9.59 Å². The standard InChI is InChI=1S/C30H24N2O6/c33-27-24-14-5-6-15-25(24)28(34)32(27)38-29(35)18-8-7-9-19(16-18)31-30(36)37-17-26-22-12-3-1-10-20(22)21-11-2-4-13-23(21)26/h1-7,9-15,18-19,26H,8,16-17H2,(H,31,36)/t18-,19-/m1/s1. The highest BCUT2D eigenvalue weighted by molar-refractivity contribution is 6.20. The first-order valence-electron chi connectivity index (χ1n) is 12.5. The second-order valence-corrected chi connectivity index (χ2v) is 9.53. The number of benzene rings is 3. The van der Waals surface area contributed by atoms with E-state index in [-0.39, 0.29) is 30.1 Å². The minimum Gasteiger partial charge on any atom is -0.449 e. The highest BCUT2D eigenvalue weighted by Gasteiger charge is 2.40. The van der Waals surface area contributed by atoms with Crippen molar-refractivity contribution in [1.29, 1.82) is 0 Å². The van der Waals surface area contributed by atoms with Crippen LogP contribution in [0.15, 0.2) is 84.9 Å². The number of carbonyl (C=O) groups excluding carboxylic acids is 4. The summed E-state index contributed by atoms with van der Waals surface area (Å²) in [5, 5.41) is 3.31. The first-order valence-corrected chi connectivity index (χ1v) is 12.5. The molecule has 8 heteroatoms. The third-order valence-electron chi connectivity index (χ3n) is 7.25. The van der Waals surface area contributed by atoms with E-state index < -0.39 is 35.8 Å². The number of carbonyl (C=O) groups is 4. The molecule has 190 valence electrons. The van der Waals surface area contributed by atoms with E-state index in [1.807, 2.05) is 24.3 Å². The van der Waals surface area contributed by atoms with Crippen LogP contribution in [0.1, 0.15) is 50.6 Å². The maximum Gasteiger partial charge on any atom is 0.407 e. The van der Waals surface area contributed by atoms with Gasteiger partial charge in [-0.1, -0.05) is 77.9 Å². The quantitative estimate of drug-likeness (QED) is 0.399. The van der Waals surface area contributed by atoms with E-state index in [0.717, 1.165) is 22.3 Å². The van der Waals surface area contributed by atoms with Gasteiger partial charge in [0, 0.05) is 5.92 Å². The lowest BCUT2D eigenvalue weighted by Crippen LogP contribution is -2.41. The van der Waals surface area contributed by atoms with Crippen LogP contribution in [0.3, 0.4) is 0 Å². The molecule has 0 unspecified atom stereocenters. The van der Waals surface area contributed by atoms with Gasteiger partial charge in [0.1, 0.15) is 6.61 Å². The van der Waals surface area contributed by atoms with Crippen molar-refractivity contribution >= 4 is 23.9 Å². The molecule has 0 aromatic heterocycles. The third-order valence-corrected chi connectivity index (χ3v) is 7.25. The number of ether oxygens (including phenoxy) is 1. The Labute approximate surface area is 218 Å². The average molecular weight is 509 g/mol. The van der Waals surface area contributed by atoms with Gasteiger partial charge in [-0.25, -0.2) is 9.59 Å². The van der Waals surface area contributed by atoms with E-state index in [0.29, 0.717) is 11.5 Å². The highest BCUT2D eigenvalue weighted by atomic mass is 16.7. The van der Waals surface area contributed by atoms with E-state index in [1.54, 1.807) is 24.3 Å². The van der Waals surface area contributed by atoms with Crippen molar-refractivity contribution in [3.8, 4) is 11.1 Å². The van der Waals surface area contributed by atoms with Gasteiger partial charge in [0.25, 0.3) is 11.8 Å². The summed E-state index contributed by atoms with van der Waals surface area (Å²) in [7, 11) is 0. The zero-order valence-electron chi connectivity index (χ0n) is 20.3. The van der Waals surface area contributed by atoms with Gasteiger partial charge in [0.05, 0.1) is 23.1 Å². The minimum absolute atomic E-state index is 0.0579. The maximum atomic E-state index is 12.8. The molecule has 3 aliphatic rings. The molecule has 0 saturated carbocycles. The second kappa shape index (κ2) is 9.63. The van der Waals surface area contributed by atoms with Gasteiger partial charge in [-0.2, -0.15) is 0 Å². The molecule has 8 nitrogen and oxygen atoms in total. The smallest absolute Gasteiger partial charge is 0.407 e. The summed E-state index contributed by atoms with van der Waals surface area (Å²) < 4.78 is 5.61. The molecule has 2 atom stereocenters. The first kappa shape index (κ1) is 23.7. The number of nitrogens with one attached hydrogen (secondary N) is 1. The number of nitrogens with zero attached hydrogens (tertiary/aromatic N) is 1. The Bertz CT molecular complexity index is 1410. The molecule has 3 aromatic carbocycles. The SMILES string of the molecule is O=C(N[C@@H]1C=CC[C@@H](C(=O)ON2C(=O)c3ccccc3C2=O)C1)OCC1c2ccccc2-c2ccccc21. The summed E-state index contributed by atoms with van der Waals surface area (Å²) in [4.78, 5) is 55.7. The lowest BCUT2D eigenvalue weighted by Gasteiger charge is -2.25. The average Bonchev–Trinajstić information content (AvgIpc) is 3.39. The van der Waals surface area contributed by atoms with Crippen LogP contribution in [0, 0.1) is 5.92 Å². The Balaban J connectivity index is 1.05. The topological polar surface area (TPSA) is 102 Å². The van der Waals surface area contributed by atoms with Crippen molar-refractivity contribution in [2.24, 2.45) is 5.92 Å². The summed E-state index contributed by atoms with van der Waals surface area (Å²) in [6.07, 6.45) is 3.60. The van der Waals surface area contributed by atoms with Crippen molar-refractivity contribution < 1.29 is 28.8 Å². The molecule has 0 fully saturated rings. The Morgan fingerprint density at radius 3 is 1.97 bits per heavy atom. The number of rotatable bonds is 5. The molecular formula is C30H24N2O6. The number of alkyl carbamates (subject to hydrolysis) is 1. The number of imide groups is 1. The number of hydrogen-bond acceptors (Lipinski definition) is 6. The highest BCUT2D eigenvalue weighted by Crippen LogP contribution is 2.44. The van der Waals surface area contributed by atoms with Crippen LogP contribution in [0.5, 0.6) is 0 Å². The van der Waals surface area contributed by atoms with Crippen LogP contribution in [0.2, 0.25) is 0 Å². The molecule has 1 aliphatic heterocycles. The zero-order valence-corrected chi connectivity index (χ0v) is 20.3. The monoisotopic (exact) mass is 508 g/mol. The van der Waals surface area contributed by atoms with Crippen molar-refractivity contribution in [2.75, 3.05) is 6.61 Å². The van der Waals surface area contributed by atoms with E-state index in [4.69, 9.17) is 9.57 Å². The molecule has 0 bridgehead atoms. The number of amides is 3. The van der Waals surface area contributed by atoms with Crippen LogP contribution < -0.4 is 5.32 Å². The lowest BCUT2D eigenvalue weighted by atomic mass is 9.91. The van der Waals surface area contributed by atoms with Crippen LogP contribution >= 0.6 is 0 Å². The number of fused-ring (bicyclic) bond motifs is 4. The summed E-state index contributed by atoms with van der Waals surface area (Å²) in [6, 6.07) is 22.0. The van der Waals surface area contributed by atoms with E-state index in [9.17, 15) is 19.2 Å². The van der Waals surface area contributed by atoms with Gasteiger partial charge in [-0.15, -0.1) is 0 Å². The predicted molar refractivity (Wildman–Crippen MR) is 137 cm³/mol. The third kappa shape index (κ3) is 4.14. The van der Waals surface area contributed by atoms with Crippen molar-refractivity contribution in [1.82, 2.24) is 10.4 Å². The molecule has 6 rings (SSSR count). The molecule has 1 N–H and O–H groups in total. The molecule has 3 aromatic rings. The molecule has 0 saturated heterocycles. The van der Waals surface area contributed by atoms with Crippen LogP contribution in [0.4, 0.5) is 4.79 Å². The summed E-state index contributed by atoms with van der Waals surface area (Å²) in [5.74, 6) is -2.74. The Morgan fingerprint density at radius 2 is 1.37 bits per heavy atom. The fourth-order valence-electron chi connectivity index (χ4n) is 5.39. The van der Waals surface area contributed by atoms with Crippen molar-refractivity contribution in [3.63, 3.8) is 0 Å². The normalized spacial score (nSPS) is 19.5. The van der Waals surface area contributed by atoms with Crippen LogP contribution in [-0.2, 0) is 14.4 Å². The molecule has 1 heterocycles. The maximum absolute atomic E-state index is 12.8. The zero-order chi connectivity index (χ0) is 26.2. The summed E-state index contributed by atoms with van der Waals surface area (Å²) in [6.45, 7) is 0.182. The largest absolute Gasteiger partial charge is 0.449 e. The van der Waals surface area contributed by atoms with Crippen LogP contribution in [-0.4, -0.2) is 41.6 Å². The van der Waals surface area contributed by atoms with Gasteiger partial charge >= 0.3 is 12.1 Å². The summed E-state index contributed by atoms with van der Waals surface area (Å²) >= 11 is 0. The molecule has 2 aliphatic carbocycles. The fraction of sp³-hybridized carbons (Fsp3) is 0.200. The van der Waals surface area contributed by atoms with Gasteiger partial charge in [0.2, 0.25) is 0 Å². The van der Waals surface area contributed by atoms with E-state index >= 15 is 0 Å². The van der Waals surface area contributed by atoms with Gasteiger partial charge < -0.3 is 14.9 Å². The fourth-order valence-corrected chi connectivity index (χ4v) is 5.39. The van der Waals surface area contributed by atoms with Crippen LogP contribution in [0.25, 0.3) is 11.1 Å². The molecular weight excluding hydrogens is 484 g/mol. The second-order valence-electron chi connectivity index (χ2n) is 9.53. The number of allylic oxidation sites excluding steroid dienone is 1. The van der Waals surface area contributed by atoms with Gasteiger partial charge in [0.15, 0.2) is 0 Å². The summed E-state index contributed by atoms with van der Waals surface area (Å²) in [5.41, 5.74) is 4.93. The molecule has 0 spiro atoms. The molecule has 38 heavy (non-hydrogen) atoms. The first-order chi connectivity index (χ1) is 18.5. The molecule has 3 amide bonds. The lowest BCUT2D eigenvalue weighted by molar-refractivity contribution is -0.174. The Kier molecular flexibility index (Phi) is 5.99. The predicted octanol–water partition coefficient (Wildman–Crippen LogP) is 4.61. The van der Waals surface area contributed by atoms with Crippen molar-refractivity contribution in [2.45, 2.75) is 24.8 Å². The van der Waals surface area contributed by atoms with Gasteiger partial charge in [-0.05, 0) is 47.2 Å². The van der Waals surface area contributed by atoms with Crippen molar-refractivity contribution in [3.05, 3.63) is 107 Å². The number of hydrogen-bond donors (Lipinski definition) is 1. The van der Waals surface area contributed by atoms with E-state index in [2.05, 4.69) is 29.6 Å². The van der Waals surface area contributed by atoms with E-state index in [1.165, 1.54) is 12.1 Å². The molecule has 0 radical (unpaired) electrons. The Hall–Kier alpha value is -4.72. The Morgan fingerprint density at radius 1 is 0.816 bits per heavy atom.